The molecule has 0 fully saturated rings. The minimum absolute atomic E-state index is 0.00719. The van der Waals surface area contributed by atoms with Gasteiger partial charge in [-0.15, -0.1) is 0 Å². The molecule has 0 radical (unpaired) electrons. The van der Waals surface area contributed by atoms with Gasteiger partial charge in [0.2, 0.25) is 5.91 Å². The maximum atomic E-state index is 12.4. The number of carbonyl (C=O) groups excluding carboxylic acids is 2. The summed E-state index contributed by atoms with van der Waals surface area (Å²) in [5.41, 5.74) is 2.08. The van der Waals surface area contributed by atoms with Crippen molar-refractivity contribution in [1.29, 1.82) is 0 Å². The lowest BCUT2D eigenvalue weighted by Gasteiger charge is -2.19. The van der Waals surface area contributed by atoms with Gasteiger partial charge in [0.05, 0.1) is 6.54 Å². The van der Waals surface area contributed by atoms with E-state index >= 15 is 0 Å². The second-order valence-corrected chi connectivity index (χ2v) is 6.39. The molecule has 2 rings (SSSR count). The Morgan fingerprint density at radius 1 is 1.00 bits per heavy atom. The van der Waals surface area contributed by atoms with Gasteiger partial charge in [-0.1, -0.05) is 28.1 Å². The van der Waals surface area contributed by atoms with E-state index in [2.05, 4.69) is 26.6 Å². The standard InChI is InChI=1S/C19H22BrN3O2/c1-3-23(4-2)19(25)14-7-5-9-16(11-14)21-13-18(24)22-17-10-6-8-15(20)12-17/h5-12,21H,3-4,13H2,1-2H3,(H,22,24). The zero-order valence-corrected chi connectivity index (χ0v) is 16.0. The first kappa shape index (κ1) is 19.0. The van der Waals surface area contributed by atoms with Crippen LogP contribution in [0.15, 0.2) is 53.0 Å². The molecule has 25 heavy (non-hydrogen) atoms. The van der Waals surface area contributed by atoms with Gasteiger partial charge in [-0.25, -0.2) is 0 Å². The van der Waals surface area contributed by atoms with Crippen molar-refractivity contribution in [1.82, 2.24) is 4.90 Å². The molecule has 0 aliphatic carbocycles. The molecule has 0 saturated heterocycles. The zero-order valence-electron chi connectivity index (χ0n) is 14.4. The van der Waals surface area contributed by atoms with E-state index in [1.165, 1.54) is 0 Å². The Labute approximate surface area is 156 Å². The molecule has 6 heteroatoms. The summed E-state index contributed by atoms with van der Waals surface area (Å²) in [5.74, 6) is -0.161. The van der Waals surface area contributed by atoms with Crippen LogP contribution in [0.2, 0.25) is 0 Å². The van der Waals surface area contributed by atoms with Crippen LogP contribution in [-0.4, -0.2) is 36.3 Å². The summed E-state index contributed by atoms with van der Waals surface area (Å²) in [6, 6.07) is 14.6. The second-order valence-electron chi connectivity index (χ2n) is 5.47. The third-order valence-electron chi connectivity index (χ3n) is 3.72. The number of hydrogen-bond acceptors (Lipinski definition) is 3. The van der Waals surface area contributed by atoms with Gasteiger partial charge in [-0.05, 0) is 50.2 Å². The number of halogens is 1. The normalized spacial score (nSPS) is 10.2. The predicted molar refractivity (Wildman–Crippen MR) is 105 cm³/mol. The topological polar surface area (TPSA) is 61.4 Å². The molecule has 2 aromatic rings. The van der Waals surface area contributed by atoms with Crippen LogP contribution in [0.25, 0.3) is 0 Å². The number of nitrogens with one attached hydrogen (secondary N) is 2. The van der Waals surface area contributed by atoms with E-state index in [0.29, 0.717) is 18.7 Å². The Balaban J connectivity index is 1.95. The lowest BCUT2D eigenvalue weighted by molar-refractivity contribution is -0.114. The highest BCUT2D eigenvalue weighted by molar-refractivity contribution is 9.10. The van der Waals surface area contributed by atoms with Crippen LogP contribution >= 0.6 is 15.9 Å². The molecule has 0 unspecified atom stereocenters. The Kier molecular flexibility index (Phi) is 7.01. The van der Waals surface area contributed by atoms with Gasteiger partial charge in [-0.2, -0.15) is 0 Å². The van der Waals surface area contributed by atoms with E-state index in [1.807, 2.05) is 50.2 Å². The van der Waals surface area contributed by atoms with Crippen LogP contribution in [0.4, 0.5) is 11.4 Å². The van der Waals surface area contributed by atoms with E-state index in [-0.39, 0.29) is 18.4 Å². The van der Waals surface area contributed by atoms with E-state index in [4.69, 9.17) is 0 Å². The van der Waals surface area contributed by atoms with Gasteiger partial charge >= 0.3 is 0 Å². The van der Waals surface area contributed by atoms with E-state index in [0.717, 1.165) is 15.8 Å². The first-order valence-electron chi connectivity index (χ1n) is 8.22. The fraction of sp³-hybridized carbons (Fsp3) is 0.263. The highest BCUT2D eigenvalue weighted by atomic mass is 79.9. The van der Waals surface area contributed by atoms with Gasteiger partial charge in [0.1, 0.15) is 0 Å². The first-order chi connectivity index (χ1) is 12.0. The summed E-state index contributed by atoms with van der Waals surface area (Å²) in [5, 5.41) is 5.88. The molecule has 2 amide bonds. The van der Waals surface area contributed by atoms with Crippen molar-refractivity contribution in [2.75, 3.05) is 30.3 Å². The number of hydrogen-bond donors (Lipinski definition) is 2. The Morgan fingerprint density at radius 2 is 1.68 bits per heavy atom. The van der Waals surface area contributed by atoms with E-state index < -0.39 is 0 Å². The molecular formula is C19H22BrN3O2. The molecule has 132 valence electrons. The van der Waals surface area contributed by atoms with Crippen LogP contribution in [0, 0.1) is 0 Å². The van der Waals surface area contributed by atoms with Crippen LogP contribution in [0.1, 0.15) is 24.2 Å². The summed E-state index contributed by atoms with van der Waals surface area (Å²) >= 11 is 3.37. The minimum atomic E-state index is -0.154. The highest BCUT2D eigenvalue weighted by Crippen LogP contribution is 2.16. The quantitative estimate of drug-likeness (QED) is 0.734. The second kappa shape index (κ2) is 9.22. The smallest absolute Gasteiger partial charge is 0.253 e. The van der Waals surface area contributed by atoms with Crippen molar-refractivity contribution < 1.29 is 9.59 Å². The molecule has 2 N–H and O–H groups in total. The molecule has 0 aliphatic heterocycles. The van der Waals surface area contributed by atoms with Crippen molar-refractivity contribution in [3.05, 3.63) is 58.6 Å². The van der Waals surface area contributed by atoms with Gasteiger partial charge in [0.15, 0.2) is 0 Å². The monoisotopic (exact) mass is 403 g/mol. The Hall–Kier alpha value is -2.34. The number of rotatable bonds is 7. The predicted octanol–water partition coefficient (Wildman–Crippen LogP) is 3.98. The number of benzene rings is 2. The zero-order chi connectivity index (χ0) is 18.2. The molecule has 0 heterocycles. The number of anilines is 2. The van der Waals surface area contributed by atoms with Crippen molar-refractivity contribution in [2.24, 2.45) is 0 Å². The third kappa shape index (κ3) is 5.60. The highest BCUT2D eigenvalue weighted by Gasteiger charge is 2.12. The number of amides is 2. The maximum Gasteiger partial charge on any atom is 0.253 e. The number of nitrogens with zero attached hydrogens (tertiary/aromatic N) is 1. The summed E-state index contributed by atoms with van der Waals surface area (Å²) in [4.78, 5) is 26.2. The fourth-order valence-corrected chi connectivity index (χ4v) is 2.81. The molecule has 0 spiro atoms. The van der Waals surface area contributed by atoms with Crippen molar-refractivity contribution in [3.8, 4) is 0 Å². The first-order valence-corrected chi connectivity index (χ1v) is 9.01. The van der Waals surface area contributed by atoms with E-state index in [1.54, 1.807) is 17.0 Å². The van der Waals surface area contributed by atoms with Crippen molar-refractivity contribution >= 4 is 39.1 Å². The van der Waals surface area contributed by atoms with Crippen LogP contribution in [-0.2, 0) is 4.79 Å². The molecular weight excluding hydrogens is 382 g/mol. The minimum Gasteiger partial charge on any atom is -0.376 e. The van der Waals surface area contributed by atoms with Crippen LogP contribution < -0.4 is 10.6 Å². The fourth-order valence-electron chi connectivity index (χ4n) is 2.41. The van der Waals surface area contributed by atoms with Gasteiger partial charge in [-0.3, -0.25) is 9.59 Å². The summed E-state index contributed by atoms with van der Waals surface area (Å²) in [6.45, 7) is 5.37. The lowest BCUT2D eigenvalue weighted by atomic mass is 10.1. The Bertz CT molecular complexity index is 745. The lowest BCUT2D eigenvalue weighted by Crippen LogP contribution is -2.30. The average Bonchev–Trinajstić information content (AvgIpc) is 2.61. The molecule has 0 aliphatic rings. The number of carbonyl (C=O) groups is 2. The van der Waals surface area contributed by atoms with Crippen molar-refractivity contribution in [2.45, 2.75) is 13.8 Å². The van der Waals surface area contributed by atoms with Crippen LogP contribution in [0.5, 0.6) is 0 Å². The average molecular weight is 404 g/mol. The maximum absolute atomic E-state index is 12.4. The molecule has 0 bridgehead atoms. The molecule has 5 nitrogen and oxygen atoms in total. The molecule has 2 aromatic carbocycles. The molecule has 0 aromatic heterocycles. The van der Waals surface area contributed by atoms with Crippen LogP contribution in [0.3, 0.4) is 0 Å². The van der Waals surface area contributed by atoms with Crippen molar-refractivity contribution in [3.63, 3.8) is 0 Å². The summed E-state index contributed by atoms with van der Waals surface area (Å²) in [6.07, 6.45) is 0. The summed E-state index contributed by atoms with van der Waals surface area (Å²) in [7, 11) is 0. The Morgan fingerprint density at radius 3 is 2.36 bits per heavy atom. The third-order valence-corrected chi connectivity index (χ3v) is 4.21. The van der Waals surface area contributed by atoms with Gasteiger partial charge in [0, 0.05) is 34.5 Å². The SMILES string of the molecule is CCN(CC)C(=O)c1cccc(NCC(=O)Nc2cccc(Br)c2)c1. The summed E-state index contributed by atoms with van der Waals surface area (Å²) < 4.78 is 0.904. The molecule has 0 atom stereocenters. The van der Waals surface area contributed by atoms with Gasteiger partial charge < -0.3 is 15.5 Å². The van der Waals surface area contributed by atoms with Gasteiger partial charge in [0.25, 0.3) is 5.91 Å². The van der Waals surface area contributed by atoms with E-state index in [9.17, 15) is 9.59 Å². The molecule has 0 saturated carbocycles. The largest absolute Gasteiger partial charge is 0.376 e.